The first-order valence-corrected chi connectivity index (χ1v) is 5.53. The number of hydrogen-bond donors (Lipinski definition) is 1. The second-order valence-corrected chi connectivity index (χ2v) is 4.23. The molecular formula is C11H14F3N3O2. The summed E-state index contributed by atoms with van der Waals surface area (Å²) >= 11 is 0. The van der Waals surface area contributed by atoms with Crippen LogP contribution in [0.2, 0.25) is 0 Å². The van der Waals surface area contributed by atoms with E-state index in [2.05, 4.69) is 9.97 Å². The lowest BCUT2D eigenvalue weighted by atomic mass is 10.1. The minimum Gasteiger partial charge on any atom is -0.456 e. The molecule has 0 amide bonds. The smallest absolute Gasteiger partial charge is 0.433 e. The molecule has 1 aromatic rings. The van der Waals surface area contributed by atoms with Crippen molar-refractivity contribution < 1.29 is 22.7 Å². The van der Waals surface area contributed by atoms with E-state index >= 15 is 0 Å². The molecule has 8 heteroatoms. The highest BCUT2D eigenvalue weighted by Crippen LogP contribution is 2.26. The van der Waals surface area contributed by atoms with Gasteiger partial charge in [-0.3, -0.25) is 4.79 Å². The lowest BCUT2D eigenvalue weighted by Gasteiger charge is -2.14. The summed E-state index contributed by atoms with van der Waals surface area (Å²) in [6, 6.07) is -0.0867. The van der Waals surface area contributed by atoms with Gasteiger partial charge in [0.1, 0.15) is 11.7 Å². The van der Waals surface area contributed by atoms with Crippen molar-refractivity contribution in [2.24, 2.45) is 11.7 Å². The number of nitrogens with two attached hydrogens (primary N) is 1. The quantitative estimate of drug-likeness (QED) is 0.844. The van der Waals surface area contributed by atoms with Crippen LogP contribution in [0, 0.1) is 5.92 Å². The van der Waals surface area contributed by atoms with Gasteiger partial charge in [-0.1, -0.05) is 13.8 Å². The normalized spacial score (nSPS) is 13.4. The molecule has 0 bridgehead atoms. The lowest BCUT2D eigenvalue weighted by Crippen LogP contribution is -2.37. The molecular weight excluding hydrogens is 263 g/mol. The van der Waals surface area contributed by atoms with E-state index in [0.29, 0.717) is 0 Å². The summed E-state index contributed by atoms with van der Waals surface area (Å²) in [4.78, 5) is 18.3. The molecule has 1 unspecified atom stereocenters. The van der Waals surface area contributed by atoms with Crippen molar-refractivity contribution in [3.63, 3.8) is 0 Å². The Morgan fingerprint density at radius 2 is 2.11 bits per heavy atom. The molecule has 0 saturated carbocycles. The Bertz CT molecular complexity index is 449. The monoisotopic (exact) mass is 277 g/mol. The highest BCUT2D eigenvalue weighted by Gasteiger charge is 2.32. The van der Waals surface area contributed by atoms with Crippen LogP contribution in [-0.2, 0) is 22.3 Å². The molecule has 5 nitrogen and oxygen atoms in total. The Kier molecular flexibility index (Phi) is 4.82. The Hall–Kier alpha value is -1.70. The molecule has 0 spiro atoms. The zero-order chi connectivity index (χ0) is 14.6. The van der Waals surface area contributed by atoms with Crippen molar-refractivity contribution in [3.8, 4) is 0 Å². The first-order chi connectivity index (χ1) is 8.71. The summed E-state index contributed by atoms with van der Waals surface area (Å²) in [5.74, 6) is -1.05. The standard InChI is InChI=1S/C11H14F3N3O2/c1-6(2)9(15)10(18)19-5-8-16-4-3-7(17-8)11(12,13)14/h3-4,6,9H,5,15H2,1-2H3. The van der Waals surface area contributed by atoms with Crippen LogP contribution < -0.4 is 5.73 Å². The largest absolute Gasteiger partial charge is 0.456 e. The average Bonchev–Trinajstić information content (AvgIpc) is 2.34. The molecule has 0 aliphatic heterocycles. The molecule has 19 heavy (non-hydrogen) atoms. The van der Waals surface area contributed by atoms with E-state index in [1.165, 1.54) is 0 Å². The van der Waals surface area contributed by atoms with Crippen LogP contribution in [0.1, 0.15) is 25.4 Å². The second-order valence-electron chi connectivity index (χ2n) is 4.23. The molecule has 1 heterocycles. The van der Waals surface area contributed by atoms with E-state index < -0.39 is 30.5 Å². The first kappa shape index (κ1) is 15.4. The van der Waals surface area contributed by atoms with Crippen LogP contribution in [0.3, 0.4) is 0 Å². The van der Waals surface area contributed by atoms with E-state index in [9.17, 15) is 18.0 Å². The van der Waals surface area contributed by atoms with Gasteiger partial charge in [0.15, 0.2) is 12.4 Å². The van der Waals surface area contributed by atoms with Gasteiger partial charge in [-0.15, -0.1) is 0 Å². The zero-order valence-corrected chi connectivity index (χ0v) is 10.4. The van der Waals surface area contributed by atoms with Crippen molar-refractivity contribution in [3.05, 3.63) is 23.8 Å². The number of nitrogens with zero attached hydrogens (tertiary/aromatic N) is 2. The maximum Gasteiger partial charge on any atom is 0.433 e. The fraction of sp³-hybridized carbons (Fsp3) is 0.545. The fourth-order valence-corrected chi connectivity index (χ4v) is 1.13. The van der Waals surface area contributed by atoms with Gasteiger partial charge in [0.25, 0.3) is 0 Å². The summed E-state index contributed by atoms with van der Waals surface area (Å²) in [5.41, 5.74) is 4.45. The molecule has 0 aromatic carbocycles. The Labute approximate surface area is 108 Å². The maximum atomic E-state index is 12.4. The summed E-state index contributed by atoms with van der Waals surface area (Å²) in [6.07, 6.45) is -3.60. The van der Waals surface area contributed by atoms with Gasteiger partial charge in [0.2, 0.25) is 0 Å². The van der Waals surface area contributed by atoms with Gasteiger partial charge >= 0.3 is 12.1 Å². The van der Waals surface area contributed by atoms with Gasteiger partial charge in [0, 0.05) is 6.20 Å². The molecule has 0 radical (unpaired) electrons. The SMILES string of the molecule is CC(C)C(N)C(=O)OCc1nccc(C(F)(F)F)n1. The third-order valence-corrected chi connectivity index (χ3v) is 2.33. The molecule has 1 atom stereocenters. The number of esters is 1. The summed E-state index contributed by atoms with van der Waals surface area (Å²) in [6.45, 7) is 3.02. The van der Waals surface area contributed by atoms with Gasteiger partial charge in [-0.25, -0.2) is 9.97 Å². The summed E-state index contributed by atoms with van der Waals surface area (Å²) < 4.78 is 41.9. The van der Waals surface area contributed by atoms with E-state index in [1.807, 2.05) is 0 Å². The van der Waals surface area contributed by atoms with Gasteiger partial charge in [-0.05, 0) is 12.0 Å². The van der Waals surface area contributed by atoms with Crippen molar-refractivity contribution in [1.82, 2.24) is 9.97 Å². The Balaban J connectivity index is 2.66. The average molecular weight is 277 g/mol. The number of rotatable bonds is 4. The van der Waals surface area contributed by atoms with Gasteiger partial charge < -0.3 is 10.5 Å². The highest BCUT2D eigenvalue weighted by atomic mass is 19.4. The highest BCUT2D eigenvalue weighted by molar-refractivity contribution is 5.75. The van der Waals surface area contributed by atoms with Crippen molar-refractivity contribution in [2.75, 3.05) is 0 Å². The van der Waals surface area contributed by atoms with Crippen LogP contribution in [0.4, 0.5) is 13.2 Å². The van der Waals surface area contributed by atoms with Gasteiger partial charge in [0.05, 0.1) is 0 Å². The fourth-order valence-electron chi connectivity index (χ4n) is 1.13. The van der Waals surface area contributed by atoms with E-state index in [4.69, 9.17) is 10.5 Å². The van der Waals surface area contributed by atoms with Crippen LogP contribution in [0.5, 0.6) is 0 Å². The number of aromatic nitrogens is 2. The second kappa shape index (κ2) is 5.96. The van der Waals surface area contributed by atoms with Crippen molar-refractivity contribution in [2.45, 2.75) is 32.7 Å². The van der Waals surface area contributed by atoms with E-state index in [-0.39, 0.29) is 11.7 Å². The predicted molar refractivity (Wildman–Crippen MR) is 59.6 cm³/mol. The maximum absolute atomic E-state index is 12.4. The number of ether oxygens (including phenoxy) is 1. The summed E-state index contributed by atoms with van der Waals surface area (Å²) in [7, 11) is 0. The lowest BCUT2D eigenvalue weighted by molar-refractivity contribution is -0.148. The number of halogens is 3. The summed E-state index contributed by atoms with van der Waals surface area (Å²) in [5, 5.41) is 0. The molecule has 0 saturated heterocycles. The van der Waals surface area contributed by atoms with Crippen LogP contribution in [0.15, 0.2) is 12.3 Å². The minimum atomic E-state index is -4.56. The number of carbonyl (C=O) groups is 1. The predicted octanol–water partition coefficient (Wildman–Crippen LogP) is 1.52. The van der Waals surface area contributed by atoms with Crippen molar-refractivity contribution >= 4 is 5.97 Å². The molecule has 0 fully saturated rings. The van der Waals surface area contributed by atoms with Gasteiger partial charge in [-0.2, -0.15) is 13.2 Å². The third-order valence-electron chi connectivity index (χ3n) is 2.33. The van der Waals surface area contributed by atoms with Crippen LogP contribution >= 0.6 is 0 Å². The molecule has 106 valence electrons. The minimum absolute atomic E-state index is 0.130. The van der Waals surface area contributed by atoms with E-state index in [0.717, 1.165) is 12.3 Å². The topological polar surface area (TPSA) is 78.1 Å². The van der Waals surface area contributed by atoms with Crippen LogP contribution in [0.25, 0.3) is 0 Å². The molecule has 0 aliphatic rings. The van der Waals surface area contributed by atoms with Crippen LogP contribution in [-0.4, -0.2) is 22.0 Å². The zero-order valence-electron chi connectivity index (χ0n) is 10.4. The molecule has 1 rings (SSSR count). The Morgan fingerprint density at radius 1 is 1.47 bits per heavy atom. The van der Waals surface area contributed by atoms with Crippen molar-refractivity contribution in [1.29, 1.82) is 0 Å². The Morgan fingerprint density at radius 3 is 2.63 bits per heavy atom. The molecule has 1 aromatic heterocycles. The van der Waals surface area contributed by atoms with E-state index in [1.54, 1.807) is 13.8 Å². The third kappa shape index (κ3) is 4.47. The molecule has 2 N–H and O–H groups in total. The number of alkyl halides is 3. The first-order valence-electron chi connectivity index (χ1n) is 5.53. The number of carbonyl (C=O) groups excluding carboxylic acids is 1. The number of hydrogen-bond acceptors (Lipinski definition) is 5. The molecule has 0 aliphatic carbocycles.